The molecule has 2 saturated heterocycles. The lowest BCUT2D eigenvalue weighted by atomic mass is 10.1. The molecule has 4 aromatic rings. The van der Waals surface area contributed by atoms with E-state index >= 15 is 0 Å². The molecule has 198 valence electrons. The standard InChI is InChI=1S/C29H27N5O3S2/c1-20-7-5-11-33-25(20)30-26(32-14-12-31(13-15-32)18-21-8-3-2-4-9-21)23(27(33)35)17-24-28(36)34(29(38)39-24)19-22-10-6-16-37-22/h2-11,16-17H,12-15,18-19H2,1H3/b24-17+. The van der Waals surface area contributed by atoms with Gasteiger partial charge in [0.2, 0.25) is 0 Å². The van der Waals surface area contributed by atoms with E-state index in [2.05, 4.69) is 34.1 Å². The molecule has 0 radical (unpaired) electrons. The van der Waals surface area contributed by atoms with Gasteiger partial charge in [0.1, 0.15) is 21.5 Å². The van der Waals surface area contributed by atoms with Crippen molar-refractivity contribution in [2.45, 2.75) is 20.0 Å². The molecule has 0 bridgehead atoms. The first kappa shape index (κ1) is 25.5. The molecule has 0 N–H and O–H groups in total. The van der Waals surface area contributed by atoms with Gasteiger partial charge in [-0.25, -0.2) is 4.98 Å². The number of benzene rings is 1. The molecule has 0 unspecified atom stereocenters. The number of carbonyl (C=O) groups is 1. The van der Waals surface area contributed by atoms with Crippen LogP contribution in [0.1, 0.15) is 22.5 Å². The van der Waals surface area contributed by atoms with E-state index in [1.54, 1.807) is 35.1 Å². The Balaban J connectivity index is 1.33. The largest absolute Gasteiger partial charge is 0.467 e. The number of hydrogen-bond acceptors (Lipinski definition) is 8. The summed E-state index contributed by atoms with van der Waals surface area (Å²) in [4.78, 5) is 38.6. The summed E-state index contributed by atoms with van der Waals surface area (Å²) in [6.07, 6.45) is 4.95. The van der Waals surface area contributed by atoms with Crippen molar-refractivity contribution in [3.05, 3.63) is 105 Å². The van der Waals surface area contributed by atoms with Crippen LogP contribution in [0.2, 0.25) is 0 Å². The molecule has 2 fully saturated rings. The van der Waals surface area contributed by atoms with Crippen molar-refractivity contribution in [2.75, 3.05) is 31.1 Å². The molecule has 2 aliphatic rings. The number of piperazine rings is 1. The number of rotatable bonds is 6. The number of thioether (sulfide) groups is 1. The topological polar surface area (TPSA) is 74.3 Å². The van der Waals surface area contributed by atoms with E-state index in [0.717, 1.165) is 38.3 Å². The van der Waals surface area contributed by atoms with Gasteiger partial charge in [-0.1, -0.05) is 60.4 Å². The fourth-order valence-corrected chi connectivity index (χ4v) is 6.19. The number of furan rings is 1. The van der Waals surface area contributed by atoms with Crippen LogP contribution in [0.5, 0.6) is 0 Å². The van der Waals surface area contributed by atoms with Crippen molar-refractivity contribution in [1.82, 2.24) is 19.2 Å². The van der Waals surface area contributed by atoms with Crippen molar-refractivity contribution in [1.29, 1.82) is 0 Å². The fourth-order valence-electron chi connectivity index (χ4n) is 4.95. The highest BCUT2D eigenvalue weighted by Crippen LogP contribution is 2.34. The zero-order valence-corrected chi connectivity index (χ0v) is 23.1. The number of amides is 1. The molecule has 39 heavy (non-hydrogen) atoms. The summed E-state index contributed by atoms with van der Waals surface area (Å²) in [6.45, 7) is 6.21. The quantitative estimate of drug-likeness (QED) is 0.256. The second-order valence-corrected chi connectivity index (χ2v) is 11.3. The third kappa shape index (κ3) is 5.15. The van der Waals surface area contributed by atoms with Crippen molar-refractivity contribution >= 4 is 51.7 Å². The third-order valence-electron chi connectivity index (χ3n) is 7.03. The minimum atomic E-state index is -0.242. The molecule has 1 aromatic carbocycles. The predicted molar refractivity (Wildman–Crippen MR) is 158 cm³/mol. The van der Waals surface area contributed by atoms with Crippen LogP contribution in [-0.4, -0.2) is 55.6 Å². The number of aromatic nitrogens is 2. The number of carbonyl (C=O) groups excluding carboxylic acids is 1. The van der Waals surface area contributed by atoms with Crippen LogP contribution in [0.3, 0.4) is 0 Å². The van der Waals surface area contributed by atoms with Gasteiger partial charge in [0.25, 0.3) is 11.5 Å². The second kappa shape index (κ2) is 10.8. The van der Waals surface area contributed by atoms with E-state index in [4.69, 9.17) is 21.6 Å². The molecule has 1 amide bonds. The smallest absolute Gasteiger partial charge is 0.267 e. The molecule has 5 heterocycles. The second-order valence-electron chi connectivity index (χ2n) is 9.64. The van der Waals surface area contributed by atoms with Gasteiger partial charge in [0.15, 0.2) is 0 Å². The van der Waals surface area contributed by atoms with Gasteiger partial charge in [0, 0.05) is 38.9 Å². The molecule has 0 aliphatic carbocycles. The van der Waals surface area contributed by atoms with Crippen molar-refractivity contribution in [3.63, 3.8) is 0 Å². The first-order chi connectivity index (χ1) is 19.0. The van der Waals surface area contributed by atoms with E-state index in [-0.39, 0.29) is 18.0 Å². The Labute approximate surface area is 235 Å². The fraction of sp³-hybridized carbons (Fsp3) is 0.241. The summed E-state index contributed by atoms with van der Waals surface area (Å²) in [6, 6.07) is 17.8. The molecule has 0 atom stereocenters. The highest BCUT2D eigenvalue weighted by molar-refractivity contribution is 8.26. The Hall–Kier alpha value is -3.73. The average Bonchev–Trinajstić information content (AvgIpc) is 3.56. The lowest BCUT2D eigenvalue weighted by molar-refractivity contribution is -0.122. The normalized spacial score (nSPS) is 17.6. The summed E-state index contributed by atoms with van der Waals surface area (Å²) >= 11 is 6.70. The molecule has 6 rings (SSSR count). The molecule has 2 aliphatic heterocycles. The van der Waals surface area contributed by atoms with Gasteiger partial charge < -0.3 is 9.32 Å². The average molecular weight is 558 g/mol. The SMILES string of the molecule is Cc1cccn2c(=O)c(/C=C3/SC(=S)N(Cc4ccco4)C3=O)c(N3CCN(Cc4ccccc4)CC3)nc12. The number of aryl methyl sites for hydroxylation is 1. The Morgan fingerprint density at radius 2 is 1.79 bits per heavy atom. The monoisotopic (exact) mass is 557 g/mol. The maximum Gasteiger partial charge on any atom is 0.267 e. The minimum absolute atomic E-state index is 0.207. The van der Waals surface area contributed by atoms with Crippen molar-refractivity contribution < 1.29 is 9.21 Å². The van der Waals surface area contributed by atoms with Crippen LogP contribution < -0.4 is 10.5 Å². The third-order valence-corrected chi connectivity index (χ3v) is 8.41. The maximum absolute atomic E-state index is 13.8. The summed E-state index contributed by atoms with van der Waals surface area (Å²) < 4.78 is 7.40. The number of anilines is 1. The summed E-state index contributed by atoms with van der Waals surface area (Å²) in [5.74, 6) is 1.00. The zero-order chi connectivity index (χ0) is 26.9. The molecule has 8 nitrogen and oxygen atoms in total. The Morgan fingerprint density at radius 3 is 2.54 bits per heavy atom. The minimum Gasteiger partial charge on any atom is -0.467 e. The number of hydrogen-bond donors (Lipinski definition) is 0. The zero-order valence-electron chi connectivity index (χ0n) is 21.4. The Morgan fingerprint density at radius 1 is 1.00 bits per heavy atom. The van der Waals surface area contributed by atoms with Gasteiger partial charge in [-0.05, 0) is 42.3 Å². The first-order valence-electron chi connectivity index (χ1n) is 12.8. The highest BCUT2D eigenvalue weighted by Gasteiger charge is 2.34. The molecular weight excluding hydrogens is 530 g/mol. The highest BCUT2D eigenvalue weighted by atomic mass is 32.2. The van der Waals surface area contributed by atoms with Crippen LogP contribution in [0.4, 0.5) is 5.82 Å². The van der Waals surface area contributed by atoms with Crippen molar-refractivity contribution in [3.8, 4) is 0 Å². The molecule has 10 heteroatoms. The van der Waals surface area contributed by atoms with E-state index in [1.807, 2.05) is 25.1 Å². The van der Waals surface area contributed by atoms with Gasteiger partial charge in [-0.3, -0.25) is 23.8 Å². The maximum atomic E-state index is 13.8. The van der Waals surface area contributed by atoms with Crippen LogP contribution >= 0.6 is 24.0 Å². The number of thiocarbonyl (C=S) groups is 1. The molecule has 0 saturated carbocycles. The Kier molecular flexibility index (Phi) is 7.07. The van der Waals surface area contributed by atoms with E-state index < -0.39 is 0 Å². The van der Waals surface area contributed by atoms with Crippen LogP contribution in [-0.2, 0) is 17.9 Å². The van der Waals surface area contributed by atoms with Crippen LogP contribution in [0.25, 0.3) is 11.7 Å². The number of fused-ring (bicyclic) bond motifs is 1. The van der Waals surface area contributed by atoms with E-state index in [0.29, 0.717) is 32.0 Å². The van der Waals surface area contributed by atoms with Gasteiger partial charge in [-0.2, -0.15) is 0 Å². The van der Waals surface area contributed by atoms with Gasteiger partial charge in [-0.15, -0.1) is 0 Å². The number of nitrogens with zero attached hydrogens (tertiary/aromatic N) is 5. The summed E-state index contributed by atoms with van der Waals surface area (Å²) in [5.41, 5.74) is 3.00. The van der Waals surface area contributed by atoms with E-state index in [9.17, 15) is 9.59 Å². The lowest BCUT2D eigenvalue weighted by Crippen LogP contribution is -2.47. The van der Waals surface area contributed by atoms with Crippen LogP contribution in [0.15, 0.2) is 81.2 Å². The summed E-state index contributed by atoms with van der Waals surface area (Å²) in [7, 11) is 0. The van der Waals surface area contributed by atoms with Crippen molar-refractivity contribution in [2.24, 2.45) is 0 Å². The Bertz CT molecular complexity index is 1620. The van der Waals surface area contributed by atoms with Gasteiger partial charge >= 0.3 is 0 Å². The molecule has 3 aromatic heterocycles. The van der Waals surface area contributed by atoms with E-state index in [1.165, 1.54) is 22.2 Å². The summed E-state index contributed by atoms with van der Waals surface area (Å²) in [5, 5.41) is 0. The molecule has 0 spiro atoms. The number of pyridine rings is 1. The van der Waals surface area contributed by atoms with Gasteiger partial charge in [0.05, 0.1) is 23.3 Å². The predicted octanol–water partition coefficient (Wildman–Crippen LogP) is 4.32. The first-order valence-corrected chi connectivity index (χ1v) is 14.0. The lowest BCUT2D eigenvalue weighted by Gasteiger charge is -2.36. The van der Waals surface area contributed by atoms with Crippen LogP contribution in [0, 0.1) is 6.92 Å². The molecular formula is C29H27N5O3S2.